The average molecular weight is 328 g/mol. The lowest BCUT2D eigenvalue weighted by molar-refractivity contribution is 0.836. The fraction of sp³-hybridized carbons (Fsp3) is 0.217. The maximum Gasteiger partial charge on any atom is 0.101 e. The first kappa shape index (κ1) is 17.1. The van der Waals surface area contributed by atoms with E-state index in [4.69, 9.17) is 4.99 Å². The lowest BCUT2D eigenvalue weighted by Gasteiger charge is -2.19. The molecule has 0 saturated heterocycles. The van der Waals surface area contributed by atoms with E-state index in [1.165, 1.54) is 22.3 Å². The summed E-state index contributed by atoms with van der Waals surface area (Å²) in [6.45, 7) is 4.40. The van der Waals surface area contributed by atoms with Crippen molar-refractivity contribution in [2.75, 3.05) is 0 Å². The molecule has 0 bridgehead atoms. The van der Waals surface area contributed by atoms with Gasteiger partial charge in [0.1, 0.15) is 6.04 Å². The van der Waals surface area contributed by atoms with Crippen LogP contribution < -0.4 is 0 Å². The number of hydrogen-bond donors (Lipinski definition) is 0. The summed E-state index contributed by atoms with van der Waals surface area (Å²) in [7, 11) is 0. The standard InChI is InChI=1S/C23H24N2/c1-3-18-11-5-7-14-21(18)23(22-15-8-6-12-19(22)4-2)25-17-20-13-9-10-16-24-20/h5-17,23H,3-4H2,1-2H3. The molecule has 0 aliphatic heterocycles. The summed E-state index contributed by atoms with van der Waals surface area (Å²) in [6, 6.07) is 23.1. The maximum absolute atomic E-state index is 4.96. The minimum atomic E-state index is -0.00527. The molecule has 126 valence electrons. The predicted octanol–water partition coefficient (Wildman–Crippen LogP) is 5.41. The number of aryl methyl sites for hydroxylation is 2. The van der Waals surface area contributed by atoms with Crippen LogP contribution in [0.2, 0.25) is 0 Å². The quantitative estimate of drug-likeness (QED) is 0.555. The van der Waals surface area contributed by atoms with Crippen LogP contribution in [0.5, 0.6) is 0 Å². The van der Waals surface area contributed by atoms with E-state index in [0.717, 1.165) is 18.5 Å². The first-order valence-corrected chi connectivity index (χ1v) is 8.93. The van der Waals surface area contributed by atoms with Crippen molar-refractivity contribution in [1.82, 2.24) is 4.98 Å². The Morgan fingerprint density at radius 2 is 1.36 bits per heavy atom. The van der Waals surface area contributed by atoms with Gasteiger partial charge in [0.2, 0.25) is 0 Å². The lowest BCUT2D eigenvalue weighted by Crippen LogP contribution is -2.06. The highest BCUT2D eigenvalue weighted by Crippen LogP contribution is 2.31. The van der Waals surface area contributed by atoms with E-state index >= 15 is 0 Å². The molecule has 0 fully saturated rings. The molecule has 0 unspecified atom stereocenters. The van der Waals surface area contributed by atoms with Crippen LogP contribution in [0.15, 0.2) is 77.9 Å². The van der Waals surface area contributed by atoms with Crippen molar-refractivity contribution in [3.05, 3.63) is 101 Å². The molecule has 0 radical (unpaired) electrons. The van der Waals surface area contributed by atoms with Crippen molar-refractivity contribution in [1.29, 1.82) is 0 Å². The van der Waals surface area contributed by atoms with E-state index < -0.39 is 0 Å². The zero-order valence-corrected chi connectivity index (χ0v) is 14.9. The number of aromatic nitrogens is 1. The van der Waals surface area contributed by atoms with Crippen LogP contribution in [-0.4, -0.2) is 11.2 Å². The molecule has 1 aromatic heterocycles. The van der Waals surface area contributed by atoms with Gasteiger partial charge in [-0.2, -0.15) is 0 Å². The molecule has 25 heavy (non-hydrogen) atoms. The summed E-state index contributed by atoms with van der Waals surface area (Å²) in [5.41, 5.74) is 6.12. The maximum atomic E-state index is 4.96. The van der Waals surface area contributed by atoms with Crippen LogP contribution in [-0.2, 0) is 12.8 Å². The Morgan fingerprint density at radius 1 is 0.800 bits per heavy atom. The number of pyridine rings is 1. The van der Waals surface area contributed by atoms with Gasteiger partial charge in [-0.05, 0) is 47.2 Å². The highest BCUT2D eigenvalue weighted by molar-refractivity contribution is 5.77. The third-order valence-electron chi connectivity index (χ3n) is 4.50. The molecule has 0 atom stereocenters. The monoisotopic (exact) mass is 328 g/mol. The lowest BCUT2D eigenvalue weighted by atomic mass is 9.90. The average Bonchev–Trinajstić information content (AvgIpc) is 2.69. The number of nitrogens with zero attached hydrogens (tertiary/aromatic N) is 2. The topological polar surface area (TPSA) is 25.2 Å². The Hall–Kier alpha value is -2.74. The first-order chi connectivity index (χ1) is 12.3. The highest BCUT2D eigenvalue weighted by Gasteiger charge is 2.17. The normalized spacial score (nSPS) is 11.3. The van der Waals surface area contributed by atoms with Crippen LogP contribution in [0.3, 0.4) is 0 Å². The molecule has 0 aliphatic rings. The van der Waals surface area contributed by atoms with Gasteiger partial charge >= 0.3 is 0 Å². The third-order valence-corrected chi connectivity index (χ3v) is 4.50. The molecule has 3 aromatic rings. The zero-order chi connectivity index (χ0) is 17.5. The van der Waals surface area contributed by atoms with Crippen molar-refractivity contribution < 1.29 is 0 Å². The molecule has 3 rings (SSSR count). The molecule has 0 N–H and O–H groups in total. The van der Waals surface area contributed by atoms with Crippen molar-refractivity contribution >= 4 is 6.21 Å². The summed E-state index contributed by atoms with van der Waals surface area (Å²) in [4.78, 5) is 9.34. The third kappa shape index (κ3) is 4.03. The van der Waals surface area contributed by atoms with Gasteiger partial charge in [0.05, 0.1) is 5.69 Å². The summed E-state index contributed by atoms with van der Waals surface area (Å²) < 4.78 is 0. The van der Waals surface area contributed by atoms with Gasteiger partial charge in [0, 0.05) is 12.4 Å². The second-order valence-electron chi connectivity index (χ2n) is 6.04. The second-order valence-corrected chi connectivity index (χ2v) is 6.04. The number of rotatable bonds is 6. The first-order valence-electron chi connectivity index (χ1n) is 8.93. The molecule has 0 amide bonds. The number of benzene rings is 2. The molecule has 0 aliphatic carbocycles. The van der Waals surface area contributed by atoms with Crippen molar-refractivity contribution in [2.45, 2.75) is 32.7 Å². The molecule has 1 heterocycles. The Morgan fingerprint density at radius 3 is 1.88 bits per heavy atom. The molecule has 0 saturated carbocycles. The zero-order valence-electron chi connectivity index (χ0n) is 14.9. The van der Waals surface area contributed by atoms with E-state index in [1.807, 2.05) is 24.4 Å². The number of aliphatic imine (C=N–C) groups is 1. The second kappa shape index (κ2) is 8.39. The largest absolute Gasteiger partial charge is 0.278 e. The van der Waals surface area contributed by atoms with Crippen molar-refractivity contribution in [2.24, 2.45) is 4.99 Å². The molecule has 2 nitrogen and oxygen atoms in total. The smallest absolute Gasteiger partial charge is 0.101 e. The van der Waals surface area contributed by atoms with Gasteiger partial charge < -0.3 is 0 Å². The van der Waals surface area contributed by atoms with Crippen LogP contribution in [0.4, 0.5) is 0 Å². The minimum Gasteiger partial charge on any atom is -0.278 e. The SMILES string of the molecule is CCc1ccccc1C(N=Cc1ccccn1)c1ccccc1CC. The molecular formula is C23H24N2. The van der Waals surface area contributed by atoms with Crippen LogP contribution in [0.1, 0.15) is 47.8 Å². The van der Waals surface area contributed by atoms with Gasteiger partial charge in [-0.1, -0.05) is 68.4 Å². The van der Waals surface area contributed by atoms with Crippen LogP contribution in [0, 0.1) is 0 Å². The molecular weight excluding hydrogens is 304 g/mol. The van der Waals surface area contributed by atoms with E-state index in [9.17, 15) is 0 Å². The summed E-state index contributed by atoms with van der Waals surface area (Å²) in [5.74, 6) is 0. The predicted molar refractivity (Wildman–Crippen MR) is 105 cm³/mol. The molecule has 2 aromatic carbocycles. The Balaban J connectivity index is 2.10. The van der Waals surface area contributed by atoms with Gasteiger partial charge in [0.25, 0.3) is 0 Å². The van der Waals surface area contributed by atoms with Crippen molar-refractivity contribution in [3.63, 3.8) is 0 Å². The molecule has 0 spiro atoms. The highest BCUT2D eigenvalue weighted by atomic mass is 14.8. The van der Waals surface area contributed by atoms with E-state index in [0.29, 0.717) is 0 Å². The summed E-state index contributed by atoms with van der Waals surface area (Å²) in [6.07, 6.45) is 5.69. The van der Waals surface area contributed by atoms with E-state index in [-0.39, 0.29) is 6.04 Å². The van der Waals surface area contributed by atoms with Gasteiger partial charge in [0.15, 0.2) is 0 Å². The van der Waals surface area contributed by atoms with E-state index in [2.05, 4.69) is 67.4 Å². The molecule has 2 heteroatoms. The van der Waals surface area contributed by atoms with Gasteiger partial charge in [-0.3, -0.25) is 9.98 Å². The van der Waals surface area contributed by atoms with Gasteiger partial charge in [-0.15, -0.1) is 0 Å². The van der Waals surface area contributed by atoms with Gasteiger partial charge in [-0.25, -0.2) is 0 Å². The summed E-state index contributed by atoms with van der Waals surface area (Å²) in [5, 5.41) is 0. The Bertz CT molecular complexity index is 790. The van der Waals surface area contributed by atoms with Crippen LogP contribution in [0.25, 0.3) is 0 Å². The van der Waals surface area contributed by atoms with Crippen molar-refractivity contribution in [3.8, 4) is 0 Å². The Kier molecular flexibility index (Phi) is 5.73. The minimum absolute atomic E-state index is 0.00527. The number of hydrogen-bond acceptors (Lipinski definition) is 2. The fourth-order valence-electron chi connectivity index (χ4n) is 3.18. The van der Waals surface area contributed by atoms with E-state index in [1.54, 1.807) is 6.20 Å². The summed E-state index contributed by atoms with van der Waals surface area (Å²) >= 11 is 0. The van der Waals surface area contributed by atoms with Crippen LogP contribution >= 0.6 is 0 Å². The fourth-order valence-corrected chi connectivity index (χ4v) is 3.18. The Labute approximate surface area is 150 Å².